The molecule has 30 heavy (non-hydrogen) atoms. The van der Waals surface area contributed by atoms with Crippen molar-refractivity contribution in [1.29, 1.82) is 0 Å². The molecule has 2 aliphatic rings. The van der Waals surface area contributed by atoms with Crippen LogP contribution in [0.4, 0.5) is 0 Å². The summed E-state index contributed by atoms with van der Waals surface area (Å²) in [5, 5.41) is 5.02. The molecule has 2 fully saturated rings. The first-order chi connectivity index (χ1) is 14.4. The average Bonchev–Trinajstić information content (AvgIpc) is 3.41. The standard InChI is InChI=1S/C22H28N2O4S2/c1-2-17-5-7-19(8-6-17)30(26,27)24-15-20(22(16-24)9-11-28-12-10-22)21(25)23-14-18-4-3-13-29-18/h3-8,13,20H,2,9-12,14-16H2,1H3,(H,23,25)/t20-/m0/s1. The third kappa shape index (κ3) is 4.19. The second-order valence-electron chi connectivity index (χ2n) is 8.12. The second kappa shape index (κ2) is 8.78. The van der Waals surface area contributed by atoms with E-state index in [0.29, 0.717) is 44.0 Å². The van der Waals surface area contributed by atoms with Crippen LogP contribution in [0, 0.1) is 11.3 Å². The van der Waals surface area contributed by atoms with Crippen molar-refractivity contribution in [1.82, 2.24) is 9.62 Å². The molecular formula is C22H28N2O4S2. The van der Waals surface area contributed by atoms with Crippen molar-refractivity contribution in [3.05, 3.63) is 52.2 Å². The molecule has 0 unspecified atom stereocenters. The number of aryl methyl sites for hydroxylation is 1. The highest BCUT2D eigenvalue weighted by molar-refractivity contribution is 7.89. The molecule has 8 heteroatoms. The lowest BCUT2D eigenvalue weighted by Gasteiger charge is -2.37. The minimum Gasteiger partial charge on any atom is -0.381 e. The number of carbonyl (C=O) groups excluding carboxylic acids is 1. The summed E-state index contributed by atoms with van der Waals surface area (Å²) in [7, 11) is -3.65. The van der Waals surface area contributed by atoms with Gasteiger partial charge in [-0.1, -0.05) is 25.1 Å². The van der Waals surface area contributed by atoms with Gasteiger partial charge in [0, 0.05) is 36.6 Å². The molecule has 0 aliphatic carbocycles. The highest BCUT2D eigenvalue weighted by Gasteiger charge is 2.53. The monoisotopic (exact) mass is 448 g/mol. The Morgan fingerprint density at radius 2 is 1.97 bits per heavy atom. The molecule has 3 heterocycles. The zero-order valence-corrected chi connectivity index (χ0v) is 18.8. The minimum absolute atomic E-state index is 0.0654. The molecule has 6 nitrogen and oxygen atoms in total. The van der Waals surface area contributed by atoms with Gasteiger partial charge in [-0.3, -0.25) is 4.79 Å². The lowest BCUT2D eigenvalue weighted by Crippen LogP contribution is -2.44. The van der Waals surface area contributed by atoms with E-state index in [1.54, 1.807) is 23.5 Å². The molecule has 1 atom stereocenters. The van der Waals surface area contributed by atoms with E-state index < -0.39 is 10.0 Å². The fourth-order valence-electron chi connectivity index (χ4n) is 4.51. The molecule has 0 bridgehead atoms. The van der Waals surface area contributed by atoms with Crippen LogP contribution in [0.5, 0.6) is 0 Å². The summed E-state index contributed by atoms with van der Waals surface area (Å²) in [6.45, 7) is 4.23. The van der Waals surface area contributed by atoms with Crippen molar-refractivity contribution in [3.8, 4) is 0 Å². The molecule has 4 rings (SSSR count). The second-order valence-corrected chi connectivity index (χ2v) is 11.1. The summed E-state index contributed by atoms with van der Waals surface area (Å²) in [6, 6.07) is 11.0. The molecule has 0 radical (unpaired) electrons. The SMILES string of the molecule is CCc1ccc(S(=O)(=O)N2C[C@@H](C(=O)NCc3cccs3)C3(CCOCC3)C2)cc1. The van der Waals surface area contributed by atoms with Crippen molar-refractivity contribution >= 4 is 27.3 Å². The predicted molar refractivity (Wildman–Crippen MR) is 117 cm³/mol. The lowest BCUT2D eigenvalue weighted by molar-refractivity contribution is -0.130. The van der Waals surface area contributed by atoms with Crippen LogP contribution in [0.2, 0.25) is 0 Å². The van der Waals surface area contributed by atoms with Gasteiger partial charge in [-0.15, -0.1) is 11.3 Å². The Kier molecular flexibility index (Phi) is 6.29. The largest absolute Gasteiger partial charge is 0.381 e. The van der Waals surface area contributed by atoms with Gasteiger partial charge in [0.1, 0.15) is 0 Å². The Hall–Kier alpha value is -1.74. The van der Waals surface area contributed by atoms with Crippen LogP contribution in [0.1, 0.15) is 30.2 Å². The van der Waals surface area contributed by atoms with Gasteiger partial charge in [-0.2, -0.15) is 4.31 Å². The van der Waals surface area contributed by atoms with Crippen LogP contribution in [-0.4, -0.2) is 44.9 Å². The summed E-state index contributed by atoms with van der Waals surface area (Å²) >= 11 is 1.60. The first kappa shape index (κ1) is 21.5. The molecule has 2 aliphatic heterocycles. The van der Waals surface area contributed by atoms with Gasteiger partial charge in [-0.05, 0) is 48.4 Å². The highest BCUT2D eigenvalue weighted by atomic mass is 32.2. The zero-order valence-electron chi connectivity index (χ0n) is 17.2. The van der Waals surface area contributed by atoms with Crippen LogP contribution in [0.25, 0.3) is 0 Å². The summed E-state index contributed by atoms with van der Waals surface area (Å²) in [6.07, 6.45) is 2.26. The number of benzene rings is 1. The van der Waals surface area contributed by atoms with Crippen molar-refractivity contribution < 1.29 is 17.9 Å². The Bertz CT molecular complexity index is 965. The molecule has 1 N–H and O–H groups in total. The third-order valence-corrected chi connectivity index (χ3v) is 9.11. The van der Waals surface area contributed by atoms with Crippen molar-refractivity contribution in [3.63, 3.8) is 0 Å². The fourth-order valence-corrected chi connectivity index (χ4v) is 6.70. The summed E-state index contributed by atoms with van der Waals surface area (Å²) < 4.78 is 33.7. The normalized spacial score (nSPS) is 21.7. The number of carbonyl (C=O) groups is 1. The van der Waals surface area contributed by atoms with E-state index in [9.17, 15) is 13.2 Å². The number of nitrogens with zero attached hydrogens (tertiary/aromatic N) is 1. The number of hydrogen-bond donors (Lipinski definition) is 1. The number of rotatable bonds is 6. The molecule has 162 valence electrons. The van der Waals surface area contributed by atoms with Crippen LogP contribution < -0.4 is 5.32 Å². The van der Waals surface area contributed by atoms with Gasteiger partial charge in [0.15, 0.2) is 0 Å². The van der Waals surface area contributed by atoms with E-state index >= 15 is 0 Å². The van der Waals surface area contributed by atoms with E-state index in [-0.39, 0.29) is 23.8 Å². The quantitative estimate of drug-likeness (QED) is 0.737. The summed E-state index contributed by atoms with van der Waals surface area (Å²) in [5.74, 6) is -0.435. The van der Waals surface area contributed by atoms with Gasteiger partial charge in [-0.25, -0.2) is 8.42 Å². The zero-order chi connectivity index (χ0) is 21.2. The third-order valence-electron chi connectivity index (χ3n) is 6.41. The number of nitrogens with one attached hydrogen (secondary N) is 1. The average molecular weight is 449 g/mol. The minimum atomic E-state index is -3.65. The predicted octanol–water partition coefficient (Wildman–Crippen LogP) is 3.04. The summed E-state index contributed by atoms with van der Waals surface area (Å²) in [5.41, 5.74) is 0.732. The number of hydrogen-bond acceptors (Lipinski definition) is 5. The van der Waals surface area contributed by atoms with Crippen molar-refractivity contribution in [2.24, 2.45) is 11.3 Å². The molecule has 1 aromatic heterocycles. The topological polar surface area (TPSA) is 75.7 Å². The molecule has 1 aromatic carbocycles. The maximum atomic E-state index is 13.3. The van der Waals surface area contributed by atoms with Crippen LogP contribution in [0.3, 0.4) is 0 Å². The molecule has 2 saturated heterocycles. The Labute approximate surface area is 182 Å². The highest BCUT2D eigenvalue weighted by Crippen LogP contribution is 2.46. The summed E-state index contributed by atoms with van der Waals surface area (Å²) in [4.78, 5) is 14.5. The van der Waals surface area contributed by atoms with E-state index in [1.165, 1.54) is 4.31 Å². The first-order valence-corrected chi connectivity index (χ1v) is 12.7. The molecule has 2 aromatic rings. The number of ether oxygens (including phenoxy) is 1. The fraction of sp³-hybridized carbons (Fsp3) is 0.500. The number of thiophene rings is 1. The Morgan fingerprint density at radius 1 is 1.23 bits per heavy atom. The van der Waals surface area contributed by atoms with Gasteiger partial charge in [0.25, 0.3) is 0 Å². The smallest absolute Gasteiger partial charge is 0.243 e. The Balaban J connectivity index is 1.56. The van der Waals surface area contributed by atoms with Gasteiger partial charge in [0.05, 0.1) is 17.4 Å². The molecule has 1 amide bonds. The molecule has 1 spiro atoms. The maximum Gasteiger partial charge on any atom is 0.243 e. The lowest BCUT2D eigenvalue weighted by atomic mass is 9.72. The van der Waals surface area contributed by atoms with Gasteiger partial charge < -0.3 is 10.1 Å². The van der Waals surface area contributed by atoms with Crippen LogP contribution in [0.15, 0.2) is 46.7 Å². The molecular weight excluding hydrogens is 420 g/mol. The van der Waals surface area contributed by atoms with E-state index in [1.807, 2.05) is 36.6 Å². The first-order valence-electron chi connectivity index (χ1n) is 10.4. The number of sulfonamides is 1. The van der Waals surface area contributed by atoms with Crippen molar-refractivity contribution in [2.45, 2.75) is 37.6 Å². The Morgan fingerprint density at radius 3 is 2.60 bits per heavy atom. The van der Waals surface area contributed by atoms with Crippen LogP contribution >= 0.6 is 11.3 Å². The molecule has 0 saturated carbocycles. The van der Waals surface area contributed by atoms with Crippen molar-refractivity contribution in [2.75, 3.05) is 26.3 Å². The number of amides is 1. The van der Waals surface area contributed by atoms with Crippen LogP contribution in [-0.2, 0) is 32.5 Å². The van der Waals surface area contributed by atoms with Gasteiger partial charge >= 0.3 is 0 Å². The van der Waals surface area contributed by atoms with E-state index in [4.69, 9.17) is 4.74 Å². The van der Waals surface area contributed by atoms with Gasteiger partial charge in [0.2, 0.25) is 15.9 Å². The van der Waals surface area contributed by atoms with E-state index in [2.05, 4.69) is 5.32 Å². The maximum absolute atomic E-state index is 13.3. The van der Waals surface area contributed by atoms with E-state index in [0.717, 1.165) is 16.9 Å².